The maximum Gasteiger partial charge on any atom is 0.119 e. The summed E-state index contributed by atoms with van der Waals surface area (Å²) < 4.78 is 5.22. The lowest BCUT2D eigenvalue weighted by Crippen LogP contribution is -2.28. The molecule has 82 valence electrons. The lowest BCUT2D eigenvalue weighted by atomic mass is 9.90. The third-order valence-corrected chi connectivity index (χ3v) is 3.03. The molecule has 0 radical (unpaired) electrons. The van der Waals surface area contributed by atoms with Crippen molar-refractivity contribution in [2.45, 2.75) is 18.8 Å². The summed E-state index contributed by atoms with van der Waals surface area (Å²) in [7, 11) is 1.69. The fourth-order valence-corrected chi connectivity index (χ4v) is 2.15. The number of nitrogens with one attached hydrogen (secondary N) is 1. The van der Waals surface area contributed by atoms with Gasteiger partial charge in [0.25, 0.3) is 0 Å². The van der Waals surface area contributed by atoms with E-state index in [2.05, 4.69) is 11.4 Å². The second-order valence-electron chi connectivity index (χ2n) is 4.04. The molecular formula is C12H18N2O. The van der Waals surface area contributed by atoms with E-state index in [0.29, 0.717) is 5.92 Å². The molecule has 0 aromatic heterocycles. The first kappa shape index (κ1) is 10.3. The Kier molecular flexibility index (Phi) is 3.11. The molecule has 0 saturated carbocycles. The standard InChI is InChI=1S/C12H18N2O/c1-15-10-4-5-12(13)11(7-10)9-3-2-6-14-8-9/h4-5,7,9,14H,2-3,6,8,13H2,1H3. The lowest BCUT2D eigenvalue weighted by Gasteiger charge is -2.24. The predicted molar refractivity (Wildman–Crippen MR) is 62.3 cm³/mol. The molecule has 1 heterocycles. The Hall–Kier alpha value is -1.22. The summed E-state index contributed by atoms with van der Waals surface area (Å²) in [6, 6.07) is 5.91. The fraction of sp³-hybridized carbons (Fsp3) is 0.500. The highest BCUT2D eigenvalue weighted by molar-refractivity contribution is 5.52. The summed E-state index contributed by atoms with van der Waals surface area (Å²) in [6.45, 7) is 2.15. The molecule has 15 heavy (non-hydrogen) atoms. The highest BCUT2D eigenvalue weighted by Gasteiger charge is 2.17. The molecule has 0 amide bonds. The number of anilines is 1. The molecule has 1 unspecified atom stereocenters. The highest BCUT2D eigenvalue weighted by Crippen LogP contribution is 2.30. The summed E-state index contributed by atoms with van der Waals surface area (Å²) in [5, 5.41) is 3.40. The van der Waals surface area contributed by atoms with Gasteiger partial charge in [0.2, 0.25) is 0 Å². The van der Waals surface area contributed by atoms with Crippen molar-refractivity contribution < 1.29 is 4.74 Å². The number of nitrogens with two attached hydrogens (primary N) is 1. The molecule has 1 atom stereocenters. The smallest absolute Gasteiger partial charge is 0.119 e. The van der Waals surface area contributed by atoms with E-state index < -0.39 is 0 Å². The summed E-state index contributed by atoms with van der Waals surface area (Å²) in [6.07, 6.45) is 2.44. The maximum atomic E-state index is 5.99. The number of benzene rings is 1. The van der Waals surface area contributed by atoms with Gasteiger partial charge in [-0.3, -0.25) is 0 Å². The van der Waals surface area contributed by atoms with E-state index in [4.69, 9.17) is 10.5 Å². The molecule has 0 aliphatic carbocycles. The zero-order valence-corrected chi connectivity index (χ0v) is 9.12. The quantitative estimate of drug-likeness (QED) is 0.725. The molecule has 1 aliphatic rings. The predicted octanol–water partition coefficient (Wildman–Crippen LogP) is 1.74. The highest BCUT2D eigenvalue weighted by atomic mass is 16.5. The fourth-order valence-electron chi connectivity index (χ4n) is 2.15. The molecule has 3 nitrogen and oxygen atoms in total. The van der Waals surface area contributed by atoms with E-state index in [0.717, 1.165) is 24.5 Å². The first-order chi connectivity index (χ1) is 7.31. The van der Waals surface area contributed by atoms with E-state index in [1.807, 2.05) is 12.1 Å². The van der Waals surface area contributed by atoms with Crippen LogP contribution in [0.25, 0.3) is 0 Å². The van der Waals surface area contributed by atoms with Gasteiger partial charge < -0.3 is 15.8 Å². The van der Waals surface area contributed by atoms with Gasteiger partial charge in [0, 0.05) is 12.2 Å². The van der Waals surface area contributed by atoms with Crippen LogP contribution in [0.1, 0.15) is 24.3 Å². The second kappa shape index (κ2) is 4.53. The van der Waals surface area contributed by atoms with Crippen LogP contribution in [0.5, 0.6) is 5.75 Å². The summed E-state index contributed by atoms with van der Waals surface area (Å²) >= 11 is 0. The Labute approximate surface area is 90.6 Å². The van der Waals surface area contributed by atoms with Crippen LogP contribution in [0, 0.1) is 0 Å². The van der Waals surface area contributed by atoms with Crippen LogP contribution in [0.15, 0.2) is 18.2 Å². The number of methoxy groups -OCH3 is 1. The summed E-state index contributed by atoms with van der Waals surface area (Å²) in [5.41, 5.74) is 8.09. The zero-order valence-electron chi connectivity index (χ0n) is 9.12. The zero-order chi connectivity index (χ0) is 10.7. The molecule has 3 heteroatoms. The van der Waals surface area contributed by atoms with Crippen molar-refractivity contribution in [3.63, 3.8) is 0 Å². The minimum absolute atomic E-state index is 0.536. The Morgan fingerprint density at radius 1 is 1.47 bits per heavy atom. The van der Waals surface area contributed by atoms with Crippen molar-refractivity contribution in [1.82, 2.24) is 5.32 Å². The minimum atomic E-state index is 0.536. The van der Waals surface area contributed by atoms with Crippen LogP contribution >= 0.6 is 0 Å². The van der Waals surface area contributed by atoms with Crippen molar-refractivity contribution >= 4 is 5.69 Å². The van der Waals surface area contributed by atoms with Crippen LogP contribution in [0.3, 0.4) is 0 Å². The third-order valence-electron chi connectivity index (χ3n) is 3.03. The first-order valence-electron chi connectivity index (χ1n) is 5.45. The Morgan fingerprint density at radius 2 is 2.33 bits per heavy atom. The Bertz CT molecular complexity index is 332. The normalized spacial score (nSPS) is 21.3. The Balaban J connectivity index is 2.24. The second-order valence-corrected chi connectivity index (χ2v) is 4.04. The average Bonchev–Trinajstić information content (AvgIpc) is 2.31. The van der Waals surface area contributed by atoms with Gasteiger partial charge in [0.1, 0.15) is 5.75 Å². The van der Waals surface area contributed by atoms with Crippen LogP contribution in [-0.4, -0.2) is 20.2 Å². The number of nitrogen functional groups attached to an aromatic ring is 1. The van der Waals surface area contributed by atoms with E-state index in [1.54, 1.807) is 7.11 Å². The van der Waals surface area contributed by atoms with E-state index >= 15 is 0 Å². The lowest BCUT2D eigenvalue weighted by molar-refractivity contribution is 0.411. The van der Waals surface area contributed by atoms with Gasteiger partial charge in [-0.05, 0) is 49.1 Å². The number of ether oxygens (including phenoxy) is 1. The number of hydrogen-bond acceptors (Lipinski definition) is 3. The molecule has 2 rings (SSSR count). The van der Waals surface area contributed by atoms with Gasteiger partial charge in [-0.2, -0.15) is 0 Å². The van der Waals surface area contributed by atoms with Gasteiger partial charge >= 0.3 is 0 Å². The van der Waals surface area contributed by atoms with Crippen LogP contribution in [-0.2, 0) is 0 Å². The minimum Gasteiger partial charge on any atom is -0.497 e. The third kappa shape index (κ3) is 2.23. The SMILES string of the molecule is COc1ccc(N)c(C2CCCNC2)c1. The molecule has 1 aromatic rings. The van der Waals surface area contributed by atoms with E-state index in [9.17, 15) is 0 Å². The van der Waals surface area contributed by atoms with Gasteiger partial charge in [-0.25, -0.2) is 0 Å². The van der Waals surface area contributed by atoms with Crippen molar-refractivity contribution in [1.29, 1.82) is 0 Å². The number of rotatable bonds is 2. The maximum absolute atomic E-state index is 5.99. The molecular weight excluding hydrogens is 188 g/mol. The molecule has 0 bridgehead atoms. The molecule has 1 saturated heterocycles. The van der Waals surface area contributed by atoms with Gasteiger partial charge in [-0.1, -0.05) is 0 Å². The number of piperidine rings is 1. The van der Waals surface area contributed by atoms with E-state index in [-0.39, 0.29) is 0 Å². The van der Waals surface area contributed by atoms with Crippen LogP contribution < -0.4 is 15.8 Å². The van der Waals surface area contributed by atoms with Crippen molar-refractivity contribution in [2.75, 3.05) is 25.9 Å². The first-order valence-corrected chi connectivity index (χ1v) is 5.45. The van der Waals surface area contributed by atoms with Gasteiger partial charge in [-0.15, -0.1) is 0 Å². The average molecular weight is 206 g/mol. The summed E-state index contributed by atoms with van der Waals surface area (Å²) in [4.78, 5) is 0. The molecule has 1 fully saturated rings. The van der Waals surface area contributed by atoms with Crippen LogP contribution in [0.2, 0.25) is 0 Å². The van der Waals surface area contributed by atoms with Crippen molar-refractivity contribution in [3.8, 4) is 5.75 Å². The van der Waals surface area contributed by atoms with Crippen LogP contribution in [0.4, 0.5) is 5.69 Å². The number of hydrogen-bond donors (Lipinski definition) is 2. The molecule has 0 spiro atoms. The molecule has 1 aromatic carbocycles. The topological polar surface area (TPSA) is 47.3 Å². The molecule has 1 aliphatic heterocycles. The van der Waals surface area contributed by atoms with Gasteiger partial charge in [0.05, 0.1) is 7.11 Å². The van der Waals surface area contributed by atoms with Crippen molar-refractivity contribution in [2.24, 2.45) is 0 Å². The van der Waals surface area contributed by atoms with Crippen molar-refractivity contribution in [3.05, 3.63) is 23.8 Å². The van der Waals surface area contributed by atoms with Gasteiger partial charge in [0.15, 0.2) is 0 Å². The molecule has 3 N–H and O–H groups in total. The monoisotopic (exact) mass is 206 g/mol. The summed E-state index contributed by atoms with van der Waals surface area (Å²) in [5.74, 6) is 1.43. The largest absolute Gasteiger partial charge is 0.497 e. The van der Waals surface area contributed by atoms with E-state index in [1.165, 1.54) is 18.4 Å². The Morgan fingerprint density at radius 3 is 3.00 bits per heavy atom.